The Bertz CT molecular complexity index is 846. The van der Waals surface area contributed by atoms with E-state index in [9.17, 15) is 9.18 Å². The molecule has 0 spiro atoms. The summed E-state index contributed by atoms with van der Waals surface area (Å²) >= 11 is 1.34. The molecule has 1 aromatic carbocycles. The highest BCUT2D eigenvalue weighted by Crippen LogP contribution is 2.26. The van der Waals surface area contributed by atoms with E-state index in [1.54, 1.807) is 0 Å². The Morgan fingerprint density at radius 3 is 2.60 bits per heavy atom. The SMILES string of the molecule is Cc1nnc(C#Cc2cc(C=O)c(N3C[C@@H](C)O[C@@H](C)C3)cc2F)s1. The molecule has 3 rings (SSSR count). The molecule has 0 amide bonds. The van der Waals surface area contributed by atoms with Gasteiger partial charge in [-0.1, -0.05) is 17.3 Å². The van der Waals surface area contributed by atoms with Gasteiger partial charge in [0.05, 0.1) is 23.5 Å². The van der Waals surface area contributed by atoms with Crippen molar-refractivity contribution in [3.8, 4) is 11.8 Å². The fourth-order valence-electron chi connectivity index (χ4n) is 2.89. The van der Waals surface area contributed by atoms with Crippen molar-refractivity contribution in [3.63, 3.8) is 0 Å². The summed E-state index contributed by atoms with van der Waals surface area (Å²) in [5.74, 6) is 5.08. The number of ether oxygens (including phenoxy) is 1. The number of anilines is 1. The van der Waals surface area contributed by atoms with Crippen LogP contribution in [0, 0.1) is 24.6 Å². The van der Waals surface area contributed by atoms with Crippen molar-refractivity contribution in [2.75, 3.05) is 18.0 Å². The predicted molar refractivity (Wildman–Crippen MR) is 94.6 cm³/mol. The minimum absolute atomic E-state index is 0.0198. The summed E-state index contributed by atoms with van der Waals surface area (Å²) in [6.45, 7) is 6.97. The van der Waals surface area contributed by atoms with E-state index in [4.69, 9.17) is 4.74 Å². The minimum atomic E-state index is -0.457. The number of morpholine rings is 1. The van der Waals surface area contributed by atoms with Gasteiger partial charge in [-0.15, -0.1) is 10.2 Å². The van der Waals surface area contributed by atoms with Crippen LogP contribution in [0.2, 0.25) is 0 Å². The first-order chi connectivity index (χ1) is 12.0. The molecule has 2 atom stereocenters. The highest BCUT2D eigenvalue weighted by atomic mass is 32.1. The number of nitrogens with zero attached hydrogens (tertiary/aromatic N) is 3. The van der Waals surface area contributed by atoms with Gasteiger partial charge in [-0.3, -0.25) is 4.79 Å². The molecular weight excluding hydrogens is 341 g/mol. The molecule has 1 fully saturated rings. The van der Waals surface area contributed by atoms with Gasteiger partial charge < -0.3 is 9.64 Å². The molecule has 1 saturated heterocycles. The maximum absolute atomic E-state index is 14.5. The van der Waals surface area contributed by atoms with Crippen LogP contribution in [0.4, 0.5) is 10.1 Å². The molecule has 25 heavy (non-hydrogen) atoms. The number of halogens is 1. The fraction of sp³-hybridized carbons (Fsp3) is 0.389. The van der Waals surface area contributed by atoms with Crippen molar-refractivity contribution in [2.45, 2.75) is 33.0 Å². The summed E-state index contributed by atoms with van der Waals surface area (Å²) < 4.78 is 20.2. The van der Waals surface area contributed by atoms with Crippen LogP contribution in [0.25, 0.3) is 0 Å². The molecule has 1 aliphatic heterocycles. The van der Waals surface area contributed by atoms with Crippen LogP contribution < -0.4 is 4.90 Å². The first-order valence-corrected chi connectivity index (χ1v) is 8.79. The van der Waals surface area contributed by atoms with E-state index >= 15 is 0 Å². The third-order valence-electron chi connectivity index (χ3n) is 3.83. The van der Waals surface area contributed by atoms with E-state index < -0.39 is 5.82 Å². The topological polar surface area (TPSA) is 55.3 Å². The second-order valence-corrected chi connectivity index (χ2v) is 7.23. The smallest absolute Gasteiger partial charge is 0.191 e. The molecule has 0 unspecified atom stereocenters. The summed E-state index contributed by atoms with van der Waals surface area (Å²) in [7, 11) is 0. The first-order valence-electron chi connectivity index (χ1n) is 7.97. The largest absolute Gasteiger partial charge is 0.372 e. The number of hydrogen-bond donors (Lipinski definition) is 0. The van der Waals surface area contributed by atoms with Crippen molar-refractivity contribution < 1.29 is 13.9 Å². The van der Waals surface area contributed by atoms with Crippen molar-refractivity contribution in [2.24, 2.45) is 0 Å². The zero-order valence-electron chi connectivity index (χ0n) is 14.2. The maximum atomic E-state index is 14.5. The number of carbonyl (C=O) groups excluding carboxylic acids is 1. The standard InChI is InChI=1S/C18H18FN3O2S/c1-11-8-22(9-12(2)24-11)17-7-16(19)14(6-15(17)10-23)4-5-18-21-20-13(3)25-18/h6-7,10-12H,8-9H2,1-3H3/t11-,12+. The minimum Gasteiger partial charge on any atom is -0.372 e. The summed E-state index contributed by atoms with van der Waals surface area (Å²) in [6.07, 6.45) is 0.776. The molecule has 130 valence electrons. The molecule has 0 aliphatic carbocycles. The number of aldehydes is 1. The Hall–Kier alpha value is -2.30. The molecule has 1 aromatic heterocycles. The first kappa shape index (κ1) is 17.5. The fourth-order valence-corrected chi connectivity index (χ4v) is 3.43. The second-order valence-electron chi connectivity index (χ2n) is 6.05. The van der Waals surface area contributed by atoms with Gasteiger partial charge in [-0.05, 0) is 38.8 Å². The monoisotopic (exact) mass is 359 g/mol. The Labute approximate surface area is 149 Å². The van der Waals surface area contributed by atoms with Gasteiger partial charge in [0.1, 0.15) is 10.8 Å². The lowest BCUT2D eigenvalue weighted by Crippen LogP contribution is -2.45. The van der Waals surface area contributed by atoms with Crippen molar-refractivity contribution in [3.05, 3.63) is 39.1 Å². The lowest BCUT2D eigenvalue weighted by Gasteiger charge is -2.37. The Morgan fingerprint density at radius 1 is 1.28 bits per heavy atom. The normalized spacial score (nSPS) is 20.1. The van der Waals surface area contributed by atoms with Crippen LogP contribution in [-0.4, -0.2) is 41.8 Å². The highest BCUT2D eigenvalue weighted by molar-refractivity contribution is 7.11. The molecule has 7 heteroatoms. The lowest BCUT2D eigenvalue weighted by molar-refractivity contribution is -0.00527. The molecule has 2 heterocycles. The molecule has 0 saturated carbocycles. The molecule has 0 radical (unpaired) electrons. The molecule has 0 bridgehead atoms. The highest BCUT2D eigenvalue weighted by Gasteiger charge is 2.24. The number of rotatable bonds is 2. The van der Waals surface area contributed by atoms with Gasteiger partial charge in [0.25, 0.3) is 0 Å². The van der Waals surface area contributed by atoms with Crippen LogP contribution >= 0.6 is 11.3 Å². The Kier molecular flexibility index (Phi) is 5.11. The quantitative estimate of drug-likeness (QED) is 0.610. The van der Waals surface area contributed by atoms with Crippen molar-refractivity contribution in [1.82, 2.24) is 10.2 Å². The molecular formula is C18H18FN3O2S. The number of carbonyl (C=O) groups is 1. The van der Waals surface area contributed by atoms with Crippen LogP contribution in [0.15, 0.2) is 12.1 Å². The summed E-state index contributed by atoms with van der Waals surface area (Å²) in [5.41, 5.74) is 1.17. The molecule has 0 N–H and O–H groups in total. The Balaban J connectivity index is 1.93. The molecule has 1 aliphatic rings. The average Bonchev–Trinajstić information content (AvgIpc) is 2.98. The number of hydrogen-bond acceptors (Lipinski definition) is 6. The van der Waals surface area contributed by atoms with E-state index in [1.807, 2.05) is 25.7 Å². The van der Waals surface area contributed by atoms with E-state index in [-0.39, 0.29) is 17.8 Å². The predicted octanol–water partition coefficient (Wildman–Crippen LogP) is 2.81. The van der Waals surface area contributed by atoms with E-state index in [0.717, 1.165) is 11.3 Å². The number of benzene rings is 1. The van der Waals surface area contributed by atoms with Gasteiger partial charge in [0.15, 0.2) is 11.3 Å². The van der Waals surface area contributed by atoms with E-state index in [0.29, 0.717) is 29.3 Å². The van der Waals surface area contributed by atoms with Crippen LogP contribution in [0.3, 0.4) is 0 Å². The number of aryl methyl sites for hydroxylation is 1. The van der Waals surface area contributed by atoms with Gasteiger partial charge in [0, 0.05) is 18.7 Å². The van der Waals surface area contributed by atoms with Crippen molar-refractivity contribution in [1.29, 1.82) is 0 Å². The molecule has 5 nitrogen and oxygen atoms in total. The maximum Gasteiger partial charge on any atom is 0.191 e. The van der Waals surface area contributed by atoms with E-state index in [2.05, 4.69) is 22.0 Å². The second kappa shape index (κ2) is 7.30. The third-order valence-corrected chi connectivity index (χ3v) is 4.59. The van der Waals surface area contributed by atoms with Gasteiger partial charge >= 0.3 is 0 Å². The van der Waals surface area contributed by atoms with Gasteiger partial charge in [-0.25, -0.2) is 4.39 Å². The van der Waals surface area contributed by atoms with E-state index in [1.165, 1.54) is 23.5 Å². The zero-order chi connectivity index (χ0) is 18.0. The summed E-state index contributed by atoms with van der Waals surface area (Å²) in [5, 5.41) is 9.08. The van der Waals surface area contributed by atoms with Gasteiger partial charge in [-0.2, -0.15) is 0 Å². The Morgan fingerprint density at radius 2 is 2.00 bits per heavy atom. The van der Waals surface area contributed by atoms with Gasteiger partial charge in [0.2, 0.25) is 0 Å². The molecule has 2 aromatic rings. The number of aromatic nitrogens is 2. The lowest BCUT2D eigenvalue weighted by atomic mass is 10.1. The van der Waals surface area contributed by atoms with Crippen LogP contribution in [-0.2, 0) is 4.74 Å². The van der Waals surface area contributed by atoms with Crippen LogP contribution in [0.1, 0.15) is 39.8 Å². The van der Waals surface area contributed by atoms with Crippen LogP contribution in [0.5, 0.6) is 0 Å². The third kappa shape index (κ3) is 4.03. The summed E-state index contributed by atoms with van der Waals surface area (Å²) in [6, 6.07) is 2.87. The zero-order valence-corrected chi connectivity index (χ0v) is 15.1. The van der Waals surface area contributed by atoms with Crippen molar-refractivity contribution >= 4 is 23.3 Å². The average molecular weight is 359 g/mol. The summed E-state index contributed by atoms with van der Waals surface area (Å²) in [4.78, 5) is 13.5.